The molecule has 18 heavy (non-hydrogen) atoms. The van der Waals surface area contributed by atoms with E-state index in [1.165, 1.54) is 23.9 Å². The van der Waals surface area contributed by atoms with Gasteiger partial charge in [-0.1, -0.05) is 18.2 Å². The lowest BCUT2D eigenvalue weighted by Gasteiger charge is -2.29. The fourth-order valence-corrected chi connectivity index (χ4v) is 3.19. The predicted molar refractivity (Wildman–Crippen MR) is 69.5 cm³/mol. The first-order valence-corrected chi connectivity index (χ1v) is 6.74. The topological polar surface area (TPSA) is 39.1 Å². The summed E-state index contributed by atoms with van der Waals surface area (Å²) < 4.78 is 8.17. The molecule has 2 aromatic rings. The van der Waals surface area contributed by atoms with Crippen molar-refractivity contribution in [3.63, 3.8) is 0 Å². The van der Waals surface area contributed by atoms with Gasteiger partial charge in [-0.15, -0.1) is 0 Å². The van der Waals surface area contributed by atoms with E-state index in [-0.39, 0.29) is 6.10 Å². The Morgan fingerprint density at radius 3 is 3.17 bits per heavy atom. The van der Waals surface area contributed by atoms with Crippen LogP contribution in [-0.2, 0) is 11.3 Å². The summed E-state index contributed by atoms with van der Waals surface area (Å²) in [4.78, 5) is 0. The summed E-state index contributed by atoms with van der Waals surface area (Å²) in [6.07, 6.45) is 2.61. The summed E-state index contributed by atoms with van der Waals surface area (Å²) in [5.41, 5.74) is 2.34. The van der Waals surface area contributed by atoms with Crippen LogP contribution in [0.3, 0.4) is 0 Å². The zero-order valence-corrected chi connectivity index (χ0v) is 10.3. The van der Waals surface area contributed by atoms with Crippen LogP contribution in [0.2, 0.25) is 0 Å². The molecule has 0 aliphatic carbocycles. The molecule has 0 saturated carbocycles. The molecule has 2 atom stereocenters. The van der Waals surface area contributed by atoms with Gasteiger partial charge in [0.25, 0.3) is 0 Å². The minimum absolute atomic E-state index is 0.161. The van der Waals surface area contributed by atoms with Crippen LogP contribution in [0, 0.1) is 0 Å². The average Bonchev–Trinajstić information content (AvgIpc) is 3.05. The third kappa shape index (κ3) is 1.49. The Morgan fingerprint density at radius 1 is 1.33 bits per heavy atom. The molecule has 4 heteroatoms. The van der Waals surface area contributed by atoms with Gasteiger partial charge in [-0.05, 0) is 25.5 Å². The molecular formula is C14H17N3O. The van der Waals surface area contributed by atoms with Crippen LogP contribution in [0.1, 0.15) is 24.6 Å². The number of rotatable bonds is 1. The quantitative estimate of drug-likeness (QED) is 0.831. The number of benzene rings is 1. The molecule has 0 bridgehead atoms. The highest BCUT2D eigenvalue weighted by atomic mass is 16.5. The number of aromatic nitrogens is 2. The summed E-state index contributed by atoms with van der Waals surface area (Å²) >= 11 is 0. The van der Waals surface area contributed by atoms with Gasteiger partial charge in [0.1, 0.15) is 6.10 Å². The van der Waals surface area contributed by atoms with E-state index in [1.807, 2.05) is 6.07 Å². The van der Waals surface area contributed by atoms with Crippen LogP contribution < -0.4 is 5.32 Å². The van der Waals surface area contributed by atoms with E-state index < -0.39 is 0 Å². The van der Waals surface area contributed by atoms with E-state index >= 15 is 0 Å². The number of hydrogen-bond acceptors (Lipinski definition) is 3. The van der Waals surface area contributed by atoms with Gasteiger partial charge >= 0.3 is 0 Å². The second kappa shape index (κ2) is 4.07. The Morgan fingerprint density at radius 2 is 2.28 bits per heavy atom. The van der Waals surface area contributed by atoms with Crippen LogP contribution in [0.4, 0.5) is 0 Å². The highest BCUT2D eigenvalue weighted by molar-refractivity contribution is 5.82. The second-order valence-electron chi connectivity index (χ2n) is 5.12. The number of nitrogens with zero attached hydrogens (tertiary/aromatic N) is 2. The van der Waals surface area contributed by atoms with Gasteiger partial charge in [0.05, 0.1) is 24.4 Å². The first-order chi connectivity index (χ1) is 8.93. The van der Waals surface area contributed by atoms with Crippen molar-refractivity contribution in [3.8, 4) is 0 Å². The Kier molecular flexibility index (Phi) is 2.38. The first kappa shape index (κ1) is 10.5. The maximum atomic E-state index is 6.03. The average molecular weight is 243 g/mol. The minimum Gasteiger partial charge on any atom is -0.368 e. The summed E-state index contributed by atoms with van der Waals surface area (Å²) in [5, 5.41) is 9.49. The number of fused-ring (bicyclic) bond motifs is 3. The van der Waals surface area contributed by atoms with Crippen molar-refractivity contribution in [2.45, 2.75) is 31.5 Å². The number of nitrogens with one attached hydrogen (secondary N) is 1. The molecular weight excluding hydrogens is 226 g/mol. The summed E-state index contributed by atoms with van der Waals surface area (Å²) in [5.74, 6) is 0. The smallest absolute Gasteiger partial charge is 0.115 e. The molecule has 1 N–H and O–H groups in total. The molecule has 1 fully saturated rings. The first-order valence-electron chi connectivity index (χ1n) is 6.74. The number of ether oxygens (including phenoxy) is 1. The Balaban J connectivity index is 1.86. The lowest BCUT2D eigenvalue weighted by Crippen LogP contribution is -2.35. The molecule has 1 saturated heterocycles. The predicted octanol–water partition coefficient (Wildman–Crippen LogP) is 1.86. The fourth-order valence-electron chi connectivity index (χ4n) is 3.19. The number of hydrogen-bond donors (Lipinski definition) is 1. The molecule has 4 rings (SSSR count). The zero-order chi connectivity index (χ0) is 11.9. The van der Waals surface area contributed by atoms with E-state index in [0.29, 0.717) is 6.04 Å². The Bertz CT molecular complexity index is 571. The monoisotopic (exact) mass is 243 g/mol. The second-order valence-corrected chi connectivity index (χ2v) is 5.12. The largest absolute Gasteiger partial charge is 0.368 e. The Hall–Kier alpha value is -1.39. The molecule has 0 spiro atoms. The maximum absolute atomic E-state index is 6.03. The molecule has 2 aliphatic rings. The van der Waals surface area contributed by atoms with Crippen molar-refractivity contribution in [1.29, 1.82) is 0 Å². The lowest BCUT2D eigenvalue weighted by atomic mass is 10.0. The summed E-state index contributed by atoms with van der Waals surface area (Å²) in [7, 11) is 0. The maximum Gasteiger partial charge on any atom is 0.115 e. The molecule has 3 heterocycles. The van der Waals surface area contributed by atoms with E-state index in [4.69, 9.17) is 4.74 Å². The highest BCUT2D eigenvalue weighted by Crippen LogP contribution is 2.34. The molecule has 2 unspecified atom stereocenters. The molecule has 1 aromatic heterocycles. The molecule has 2 aliphatic heterocycles. The third-order valence-electron chi connectivity index (χ3n) is 4.02. The SMILES string of the molecule is c1ccc2c3n(nc2c1)CCOC3C1CCCN1. The molecule has 0 radical (unpaired) electrons. The molecule has 4 nitrogen and oxygen atoms in total. The standard InChI is InChI=1S/C14H17N3O/c1-2-5-11-10(4-1)13-14(12-6-3-7-15-12)18-9-8-17(13)16-11/h1-2,4-5,12,14-15H,3,6-9H2. The van der Waals surface area contributed by atoms with Gasteiger partial charge in [-0.3, -0.25) is 4.68 Å². The van der Waals surface area contributed by atoms with Crippen LogP contribution >= 0.6 is 0 Å². The van der Waals surface area contributed by atoms with E-state index in [0.717, 1.165) is 25.2 Å². The van der Waals surface area contributed by atoms with Crippen LogP contribution in [0.25, 0.3) is 10.9 Å². The van der Waals surface area contributed by atoms with Gasteiger partial charge in [-0.2, -0.15) is 5.10 Å². The van der Waals surface area contributed by atoms with Crippen LogP contribution in [-0.4, -0.2) is 29.0 Å². The van der Waals surface area contributed by atoms with Gasteiger partial charge in [0.15, 0.2) is 0 Å². The van der Waals surface area contributed by atoms with Crippen molar-refractivity contribution < 1.29 is 4.74 Å². The van der Waals surface area contributed by atoms with Crippen molar-refractivity contribution in [1.82, 2.24) is 15.1 Å². The Labute approximate surface area is 106 Å². The summed E-state index contributed by atoms with van der Waals surface area (Å²) in [6, 6.07) is 8.82. The van der Waals surface area contributed by atoms with Gasteiger partial charge in [0.2, 0.25) is 0 Å². The van der Waals surface area contributed by atoms with Gasteiger partial charge in [0, 0.05) is 11.4 Å². The van der Waals surface area contributed by atoms with Gasteiger partial charge < -0.3 is 10.1 Å². The van der Waals surface area contributed by atoms with Crippen LogP contribution in [0.5, 0.6) is 0 Å². The van der Waals surface area contributed by atoms with Gasteiger partial charge in [-0.25, -0.2) is 0 Å². The van der Waals surface area contributed by atoms with Crippen molar-refractivity contribution in [2.75, 3.05) is 13.2 Å². The molecule has 0 amide bonds. The normalized spacial score (nSPS) is 27.6. The van der Waals surface area contributed by atoms with Crippen molar-refractivity contribution in [3.05, 3.63) is 30.0 Å². The fraction of sp³-hybridized carbons (Fsp3) is 0.500. The summed E-state index contributed by atoms with van der Waals surface area (Å²) in [6.45, 7) is 2.74. The lowest BCUT2D eigenvalue weighted by molar-refractivity contribution is -0.00225. The van der Waals surface area contributed by atoms with Crippen molar-refractivity contribution >= 4 is 10.9 Å². The molecule has 1 aromatic carbocycles. The van der Waals surface area contributed by atoms with Crippen molar-refractivity contribution in [2.24, 2.45) is 0 Å². The minimum atomic E-state index is 0.161. The van der Waals surface area contributed by atoms with Crippen LogP contribution in [0.15, 0.2) is 24.3 Å². The van der Waals surface area contributed by atoms with E-state index in [2.05, 4.69) is 33.3 Å². The highest BCUT2D eigenvalue weighted by Gasteiger charge is 2.33. The van der Waals surface area contributed by atoms with E-state index in [9.17, 15) is 0 Å². The van der Waals surface area contributed by atoms with E-state index in [1.54, 1.807) is 0 Å². The third-order valence-corrected chi connectivity index (χ3v) is 4.02. The zero-order valence-electron chi connectivity index (χ0n) is 10.3. The molecule has 94 valence electrons.